The Morgan fingerprint density at radius 1 is 1.42 bits per heavy atom. The Bertz CT molecular complexity index is 557. The Hall–Kier alpha value is -1.47. The summed E-state index contributed by atoms with van der Waals surface area (Å²) in [5.41, 5.74) is -0.173. The summed E-state index contributed by atoms with van der Waals surface area (Å²) in [6, 6.07) is 3.23. The van der Waals surface area contributed by atoms with Gasteiger partial charge in [-0.25, -0.2) is 12.8 Å². The highest BCUT2D eigenvalue weighted by atomic mass is 32.2. The third-order valence-electron chi connectivity index (χ3n) is 2.22. The first-order chi connectivity index (χ1) is 8.84. The van der Waals surface area contributed by atoms with Crippen LogP contribution in [0.4, 0.5) is 10.1 Å². The van der Waals surface area contributed by atoms with Crippen LogP contribution in [-0.2, 0) is 19.4 Å². The monoisotopic (exact) mass is 289 g/mol. The van der Waals surface area contributed by atoms with Crippen molar-refractivity contribution >= 4 is 21.4 Å². The second-order valence-electron chi connectivity index (χ2n) is 4.01. The van der Waals surface area contributed by atoms with E-state index >= 15 is 0 Å². The first-order valence-corrected chi connectivity index (χ1v) is 7.61. The number of ether oxygens (including phenoxy) is 1. The largest absolute Gasteiger partial charge is 0.372 e. The SMILES string of the molecule is CCCOCC(=O)Nc1cc(S(C)(=O)=O)ccc1F. The molecule has 0 radical (unpaired) electrons. The van der Waals surface area contributed by atoms with E-state index in [1.165, 1.54) is 0 Å². The van der Waals surface area contributed by atoms with Crippen molar-refractivity contribution in [2.45, 2.75) is 18.2 Å². The summed E-state index contributed by atoms with van der Waals surface area (Å²) in [7, 11) is -3.45. The molecular weight excluding hydrogens is 273 g/mol. The van der Waals surface area contributed by atoms with Gasteiger partial charge in [0, 0.05) is 12.9 Å². The van der Waals surface area contributed by atoms with Gasteiger partial charge in [-0.1, -0.05) is 6.92 Å². The van der Waals surface area contributed by atoms with Crippen LogP contribution in [0.25, 0.3) is 0 Å². The molecule has 0 aromatic heterocycles. The molecule has 1 amide bonds. The summed E-state index contributed by atoms with van der Waals surface area (Å²) in [5.74, 6) is -1.23. The van der Waals surface area contributed by atoms with Crippen LogP contribution in [0.1, 0.15) is 13.3 Å². The molecule has 1 rings (SSSR count). The lowest BCUT2D eigenvalue weighted by atomic mass is 10.3. The van der Waals surface area contributed by atoms with Crippen LogP contribution in [0.2, 0.25) is 0 Å². The molecule has 1 N–H and O–H groups in total. The maximum atomic E-state index is 13.5. The van der Waals surface area contributed by atoms with E-state index in [2.05, 4.69) is 5.32 Å². The van der Waals surface area contributed by atoms with Crippen molar-refractivity contribution in [2.24, 2.45) is 0 Å². The van der Waals surface area contributed by atoms with Gasteiger partial charge in [0.15, 0.2) is 9.84 Å². The molecule has 19 heavy (non-hydrogen) atoms. The molecule has 0 heterocycles. The lowest BCUT2D eigenvalue weighted by Gasteiger charge is -2.08. The first kappa shape index (κ1) is 15.6. The van der Waals surface area contributed by atoms with Crippen LogP contribution in [0.3, 0.4) is 0 Å². The Kier molecular flexibility index (Phi) is 5.44. The van der Waals surface area contributed by atoms with E-state index in [0.717, 1.165) is 30.9 Å². The van der Waals surface area contributed by atoms with Gasteiger partial charge >= 0.3 is 0 Å². The topological polar surface area (TPSA) is 72.5 Å². The maximum Gasteiger partial charge on any atom is 0.250 e. The molecule has 0 saturated carbocycles. The number of hydrogen-bond donors (Lipinski definition) is 1. The van der Waals surface area contributed by atoms with E-state index in [1.807, 2.05) is 6.92 Å². The second kappa shape index (κ2) is 6.63. The number of halogens is 1. The lowest BCUT2D eigenvalue weighted by molar-refractivity contribution is -0.120. The summed E-state index contributed by atoms with van der Waals surface area (Å²) in [6.45, 7) is 2.13. The average molecular weight is 289 g/mol. The quantitative estimate of drug-likeness (QED) is 0.637. The molecule has 0 saturated heterocycles. The van der Waals surface area contributed by atoms with E-state index in [0.29, 0.717) is 6.61 Å². The lowest BCUT2D eigenvalue weighted by Crippen LogP contribution is -2.19. The minimum Gasteiger partial charge on any atom is -0.372 e. The molecule has 5 nitrogen and oxygen atoms in total. The normalized spacial score (nSPS) is 11.3. The van der Waals surface area contributed by atoms with Gasteiger partial charge in [0.1, 0.15) is 12.4 Å². The Balaban J connectivity index is 2.80. The van der Waals surface area contributed by atoms with E-state index in [-0.39, 0.29) is 17.2 Å². The fourth-order valence-corrected chi connectivity index (χ4v) is 1.97. The number of benzene rings is 1. The van der Waals surface area contributed by atoms with Crippen LogP contribution in [-0.4, -0.2) is 33.8 Å². The molecule has 0 spiro atoms. The van der Waals surface area contributed by atoms with E-state index in [9.17, 15) is 17.6 Å². The summed E-state index contributed by atoms with van der Waals surface area (Å²) < 4.78 is 41.1. The first-order valence-electron chi connectivity index (χ1n) is 5.71. The number of sulfone groups is 1. The van der Waals surface area contributed by atoms with E-state index < -0.39 is 21.6 Å². The molecule has 0 aliphatic heterocycles. The summed E-state index contributed by atoms with van der Waals surface area (Å²) in [6.07, 6.45) is 1.78. The molecule has 1 aromatic carbocycles. The third-order valence-corrected chi connectivity index (χ3v) is 3.33. The molecule has 0 aliphatic carbocycles. The number of rotatable bonds is 6. The van der Waals surface area contributed by atoms with Crippen LogP contribution in [0.5, 0.6) is 0 Å². The maximum absolute atomic E-state index is 13.5. The number of amides is 1. The zero-order valence-electron chi connectivity index (χ0n) is 10.8. The van der Waals surface area contributed by atoms with Gasteiger partial charge < -0.3 is 10.1 Å². The number of carbonyl (C=O) groups excluding carboxylic acids is 1. The van der Waals surface area contributed by atoms with Crippen molar-refractivity contribution in [1.29, 1.82) is 0 Å². The van der Waals surface area contributed by atoms with Crippen molar-refractivity contribution in [3.05, 3.63) is 24.0 Å². The summed E-state index contributed by atoms with van der Waals surface area (Å²) in [5, 5.41) is 2.28. The smallest absolute Gasteiger partial charge is 0.250 e. The number of carbonyl (C=O) groups is 1. The molecule has 1 aromatic rings. The Labute approximate surface area is 111 Å². The molecule has 0 atom stereocenters. The molecule has 0 unspecified atom stereocenters. The van der Waals surface area contributed by atoms with Crippen molar-refractivity contribution in [2.75, 3.05) is 24.8 Å². The van der Waals surface area contributed by atoms with Gasteiger partial charge in [-0.15, -0.1) is 0 Å². The van der Waals surface area contributed by atoms with E-state index in [4.69, 9.17) is 4.74 Å². The molecule has 106 valence electrons. The minimum atomic E-state index is -3.45. The van der Waals surface area contributed by atoms with Crippen LogP contribution >= 0.6 is 0 Å². The number of hydrogen-bond acceptors (Lipinski definition) is 4. The molecule has 0 bridgehead atoms. The molecule has 0 aliphatic rings. The van der Waals surface area contributed by atoms with Gasteiger partial charge in [-0.2, -0.15) is 0 Å². The van der Waals surface area contributed by atoms with Crippen molar-refractivity contribution < 1.29 is 22.3 Å². The minimum absolute atomic E-state index is 0.0568. The van der Waals surface area contributed by atoms with Gasteiger partial charge in [0.2, 0.25) is 5.91 Å². The Morgan fingerprint density at radius 2 is 2.11 bits per heavy atom. The van der Waals surface area contributed by atoms with Gasteiger partial charge in [-0.05, 0) is 24.6 Å². The van der Waals surface area contributed by atoms with Gasteiger partial charge in [0.05, 0.1) is 10.6 Å². The fraction of sp³-hybridized carbons (Fsp3) is 0.417. The number of nitrogens with one attached hydrogen (secondary N) is 1. The second-order valence-corrected chi connectivity index (χ2v) is 6.03. The predicted molar refractivity (Wildman–Crippen MR) is 69.2 cm³/mol. The summed E-state index contributed by atoms with van der Waals surface area (Å²) >= 11 is 0. The Morgan fingerprint density at radius 3 is 2.68 bits per heavy atom. The van der Waals surface area contributed by atoms with Crippen molar-refractivity contribution in [3.63, 3.8) is 0 Å². The highest BCUT2D eigenvalue weighted by Crippen LogP contribution is 2.19. The zero-order chi connectivity index (χ0) is 14.5. The highest BCUT2D eigenvalue weighted by Gasteiger charge is 2.13. The summed E-state index contributed by atoms with van der Waals surface area (Å²) in [4.78, 5) is 11.4. The molecule has 7 heteroatoms. The standard InChI is InChI=1S/C12H16FNO4S/c1-3-6-18-8-12(15)14-11-7-9(19(2,16)17)4-5-10(11)13/h4-5,7H,3,6,8H2,1-2H3,(H,14,15). The average Bonchev–Trinajstić information content (AvgIpc) is 2.31. The third kappa shape index (κ3) is 4.96. The van der Waals surface area contributed by atoms with Crippen LogP contribution in [0, 0.1) is 5.82 Å². The van der Waals surface area contributed by atoms with Crippen LogP contribution < -0.4 is 5.32 Å². The van der Waals surface area contributed by atoms with Gasteiger partial charge in [0.25, 0.3) is 0 Å². The van der Waals surface area contributed by atoms with Gasteiger partial charge in [-0.3, -0.25) is 4.79 Å². The van der Waals surface area contributed by atoms with Crippen molar-refractivity contribution in [1.82, 2.24) is 0 Å². The van der Waals surface area contributed by atoms with Crippen LogP contribution in [0.15, 0.2) is 23.1 Å². The zero-order valence-corrected chi connectivity index (χ0v) is 11.6. The molecule has 0 fully saturated rings. The number of anilines is 1. The van der Waals surface area contributed by atoms with Crippen molar-refractivity contribution in [3.8, 4) is 0 Å². The molecular formula is C12H16FNO4S. The highest BCUT2D eigenvalue weighted by molar-refractivity contribution is 7.90. The van der Waals surface area contributed by atoms with E-state index in [1.54, 1.807) is 0 Å². The predicted octanol–water partition coefficient (Wildman–Crippen LogP) is 1.59. The fourth-order valence-electron chi connectivity index (χ4n) is 1.33.